The van der Waals surface area contributed by atoms with Crippen molar-refractivity contribution in [3.05, 3.63) is 36.5 Å². The molecule has 0 aromatic rings. The molecule has 3 heterocycles. The van der Waals surface area contributed by atoms with Crippen LogP contribution in [0.5, 0.6) is 0 Å². The van der Waals surface area contributed by atoms with Gasteiger partial charge in [0.15, 0.2) is 18.9 Å². The van der Waals surface area contributed by atoms with E-state index in [0.29, 0.717) is 12.8 Å². The number of ether oxygens (including phenoxy) is 6. The topological polar surface area (TPSA) is 307 Å². The zero-order valence-corrected chi connectivity index (χ0v) is 48.1. The summed E-state index contributed by atoms with van der Waals surface area (Å²) in [5, 5.41) is 120. The molecule has 0 aromatic heterocycles. The van der Waals surface area contributed by atoms with Crippen LogP contribution in [-0.4, -0.2) is 193 Å². The van der Waals surface area contributed by atoms with Crippen molar-refractivity contribution < 1.29 is 89.4 Å². The third-order valence-electron chi connectivity index (χ3n) is 15.4. The number of unbranched alkanes of at least 4 members (excludes halogenated alkanes) is 25. The van der Waals surface area contributed by atoms with E-state index in [1.165, 1.54) is 128 Å². The minimum atomic E-state index is -1.98. The Morgan fingerprint density at radius 1 is 0.443 bits per heavy atom. The standard InChI is InChI=1S/C60H109NO18/c1-3-5-7-9-11-13-15-17-19-20-21-22-24-26-28-30-32-34-36-38-48(66)61-43(44(65)37-35-33-31-29-27-25-23-18-16-14-12-10-8-6-4-2)42-74-58-54(72)51(69)56(46(40-63)76-58)79-60-55(73)52(70)57(47(41-64)77-60)78-59-53(71)50(68)49(67)45(39-62)75-59/h16,18,27,29,35,37,43-47,49-60,62-65,67-73H,3-15,17,19-26,28,30-34,36,38-42H2,1-2H3,(H,61,66)/b18-16+,29-27+,37-35+. The van der Waals surface area contributed by atoms with Crippen LogP contribution in [0.15, 0.2) is 36.5 Å². The number of hydrogen-bond donors (Lipinski definition) is 12. The molecule has 0 aliphatic carbocycles. The van der Waals surface area contributed by atoms with Crippen LogP contribution in [0.1, 0.15) is 206 Å². The number of nitrogens with one attached hydrogen (secondary N) is 1. The molecule has 12 N–H and O–H groups in total. The number of amides is 1. The molecule has 3 aliphatic rings. The number of aliphatic hydroxyl groups excluding tert-OH is 11. The van der Waals surface area contributed by atoms with Crippen molar-refractivity contribution in [1.29, 1.82) is 0 Å². The first-order valence-electron chi connectivity index (χ1n) is 30.7. The van der Waals surface area contributed by atoms with Gasteiger partial charge in [-0.25, -0.2) is 0 Å². The number of carbonyl (C=O) groups is 1. The Kier molecular flexibility index (Phi) is 39.4. The molecule has 79 heavy (non-hydrogen) atoms. The summed E-state index contributed by atoms with van der Waals surface area (Å²) >= 11 is 0. The van der Waals surface area contributed by atoms with E-state index in [2.05, 4.69) is 43.5 Å². The Morgan fingerprint density at radius 3 is 1.27 bits per heavy atom. The first kappa shape index (κ1) is 71.3. The van der Waals surface area contributed by atoms with Crippen molar-refractivity contribution in [2.24, 2.45) is 0 Å². The number of aliphatic hydroxyl groups is 11. The van der Waals surface area contributed by atoms with Crippen molar-refractivity contribution >= 4 is 5.91 Å². The van der Waals surface area contributed by atoms with Gasteiger partial charge in [-0.2, -0.15) is 0 Å². The second-order valence-corrected chi connectivity index (χ2v) is 22.2. The summed E-state index contributed by atoms with van der Waals surface area (Å²) in [6.07, 6.45) is 19.8. The van der Waals surface area contributed by atoms with Gasteiger partial charge in [-0.3, -0.25) is 4.79 Å². The summed E-state index contributed by atoms with van der Waals surface area (Å²) in [4.78, 5) is 13.3. The van der Waals surface area contributed by atoms with E-state index < -0.39 is 124 Å². The minimum Gasteiger partial charge on any atom is -0.394 e. The fraction of sp³-hybridized carbons (Fsp3) is 0.883. The molecule has 3 aliphatic heterocycles. The monoisotopic (exact) mass is 1130 g/mol. The quantitative estimate of drug-likeness (QED) is 0.0257. The van der Waals surface area contributed by atoms with Gasteiger partial charge in [0.25, 0.3) is 0 Å². The zero-order chi connectivity index (χ0) is 57.6. The fourth-order valence-corrected chi connectivity index (χ4v) is 10.3. The Hall–Kier alpha value is -1.99. The van der Waals surface area contributed by atoms with E-state index in [9.17, 15) is 61.0 Å². The van der Waals surface area contributed by atoms with Crippen LogP contribution < -0.4 is 5.32 Å². The average Bonchev–Trinajstić information content (AvgIpc) is 3.48. The molecular formula is C60H109NO18. The molecule has 17 unspecified atom stereocenters. The Bertz CT molecular complexity index is 1590. The number of rotatable bonds is 45. The van der Waals surface area contributed by atoms with E-state index in [0.717, 1.165) is 44.9 Å². The molecule has 3 rings (SSSR count). The maximum atomic E-state index is 13.3. The zero-order valence-electron chi connectivity index (χ0n) is 48.1. The number of hydrogen-bond acceptors (Lipinski definition) is 18. The molecule has 0 spiro atoms. The lowest BCUT2D eigenvalue weighted by atomic mass is 9.96. The van der Waals surface area contributed by atoms with Gasteiger partial charge < -0.3 is 89.9 Å². The second kappa shape index (κ2) is 43.6. The second-order valence-electron chi connectivity index (χ2n) is 22.2. The fourth-order valence-electron chi connectivity index (χ4n) is 10.3. The predicted octanol–water partition coefficient (Wildman–Crippen LogP) is 5.71. The maximum absolute atomic E-state index is 13.3. The third kappa shape index (κ3) is 27.5. The van der Waals surface area contributed by atoms with Crippen LogP contribution in [0.2, 0.25) is 0 Å². The maximum Gasteiger partial charge on any atom is 0.220 e. The molecule has 19 heteroatoms. The molecule has 0 saturated carbocycles. The highest BCUT2D eigenvalue weighted by Crippen LogP contribution is 2.33. The molecule has 0 bridgehead atoms. The third-order valence-corrected chi connectivity index (χ3v) is 15.4. The summed E-state index contributed by atoms with van der Waals surface area (Å²) in [6, 6.07) is -0.992. The molecule has 0 radical (unpaired) electrons. The molecular weight excluding hydrogens is 1020 g/mol. The minimum absolute atomic E-state index is 0.235. The lowest BCUT2D eigenvalue weighted by Crippen LogP contribution is -2.66. The molecule has 462 valence electrons. The van der Waals surface area contributed by atoms with E-state index in [-0.39, 0.29) is 18.9 Å². The van der Waals surface area contributed by atoms with Crippen LogP contribution in [0.4, 0.5) is 0 Å². The highest BCUT2D eigenvalue weighted by molar-refractivity contribution is 5.76. The average molecular weight is 1130 g/mol. The van der Waals surface area contributed by atoms with Crippen molar-refractivity contribution in [3.63, 3.8) is 0 Å². The van der Waals surface area contributed by atoms with Crippen LogP contribution in [0.25, 0.3) is 0 Å². The Balaban J connectivity index is 1.50. The molecule has 3 fully saturated rings. The highest BCUT2D eigenvalue weighted by atomic mass is 16.8. The molecule has 17 atom stereocenters. The van der Waals surface area contributed by atoms with E-state index >= 15 is 0 Å². The normalized spacial score (nSPS) is 30.5. The van der Waals surface area contributed by atoms with Crippen LogP contribution >= 0.6 is 0 Å². The van der Waals surface area contributed by atoms with Gasteiger partial charge in [-0.05, 0) is 44.9 Å². The van der Waals surface area contributed by atoms with Gasteiger partial charge in [0.05, 0.1) is 38.6 Å². The lowest BCUT2D eigenvalue weighted by Gasteiger charge is -2.48. The van der Waals surface area contributed by atoms with Crippen LogP contribution in [0.3, 0.4) is 0 Å². The van der Waals surface area contributed by atoms with Gasteiger partial charge in [0.1, 0.15) is 73.2 Å². The van der Waals surface area contributed by atoms with Crippen molar-refractivity contribution in [1.82, 2.24) is 5.32 Å². The summed E-state index contributed by atoms with van der Waals surface area (Å²) in [5.41, 5.74) is 0. The molecule has 19 nitrogen and oxygen atoms in total. The molecule has 0 aromatic carbocycles. The van der Waals surface area contributed by atoms with Gasteiger partial charge in [-0.15, -0.1) is 0 Å². The lowest BCUT2D eigenvalue weighted by molar-refractivity contribution is -0.379. The summed E-state index contributed by atoms with van der Waals surface area (Å²) in [6.45, 7) is 1.68. The summed E-state index contributed by atoms with van der Waals surface area (Å²) in [7, 11) is 0. The smallest absolute Gasteiger partial charge is 0.220 e. The van der Waals surface area contributed by atoms with E-state index in [1.807, 2.05) is 6.08 Å². The molecule has 3 saturated heterocycles. The Labute approximate surface area is 472 Å². The van der Waals surface area contributed by atoms with E-state index in [1.54, 1.807) is 6.08 Å². The summed E-state index contributed by atoms with van der Waals surface area (Å²) in [5.74, 6) is -0.288. The predicted molar refractivity (Wildman–Crippen MR) is 300 cm³/mol. The van der Waals surface area contributed by atoms with Crippen LogP contribution in [-0.2, 0) is 33.2 Å². The highest BCUT2D eigenvalue weighted by Gasteiger charge is 2.53. The van der Waals surface area contributed by atoms with Gasteiger partial charge in [0.2, 0.25) is 5.91 Å². The van der Waals surface area contributed by atoms with Crippen LogP contribution in [0, 0.1) is 0 Å². The SMILES string of the molecule is CCCCCCC/C=C/CC/C=C/CC/C=C/C(O)C(COC1OC(CO)C(OC2OC(CO)C(OC3OC(CO)C(O)C(O)C3O)C(O)C2O)C(O)C1O)NC(=O)CCCCCCCCCCCCCCCCCCCCC. The van der Waals surface area contributed by atoms with E-state index in [4.69, 9.17) is 28.4 Å². The number of allylic oxidation sites excluding steroid dienone is 5. The first-order chi connectivity index (χ1) is 38.3. The largest absolute Gasteiger partial charge is 0.394 e. The van der Waals surface area contributed by atoms with Gasteiger partial charge in [-0.1, -0.05) is 192 Å². The molecule has 1 amide bonds. The summed E-state index contributed by atoms with van der Waals surface area (Å²) < 4.78 is 34.2. The Morgan fingerprint density at radius 2 is 0.810 bits per heavy atom. The first-order valence-corrected chi connectivity index (χ1v) is 30.7. The van der Waals surface area contributed by atoms with Crippen molar-refractivity contribution in [2.45, 2.75) is 311 Å². The van der Waals surface area contributed by atoms with Crippen molar-refractivity contribution in [3.8, 4) is 0 Å². The van der Waals surface area contributed by atoms with Gasteiger partial charge in [0, 0.05) is 6.42 Å². The number of carbonyl (C=O) groups excluding carboxylic acids is 1. The van der Waals surface area contributed by atoms with Gasteiger partial charge >= 0.3 is 0 Å². The van der Waals surface area contributed by atoms with Crippen molar-refractivity contribution in [2.75, 3.05) is 26.4 Å².